The number of aryl methyl sites for hydroxylation is 5. The number of fused-ring (bicyclic) bond motifs is 9. The molecule has 12 rings (SSSR count). The van der Waals surface area contributed by atoms with E-state index in [1.54, 1.807) is 0 Å². The number of hydrogen-bond acceptors (Lipinski definition) is 5. The second-order valence-electron chi connectivity index (χ2n) is 25.7. The van der Waals surface area contributed by atoms with E-state index in [9.17, 15) is 0 Å². The Morgan fingerprint density at radius 3 is 1.24 bits per heavy atom. The van der Waals surface area contributed by atoms with Crippen LogP contribution in [0.1, 0.15) is 273 Å². The van der Waals surface area contributed by atoms with Crippen molar-refractivity contribution in [3.63, 3.8) is 0 Å². The first-order chi connectivity index (χ1) is 43.7. The van der Waals surface area contributed by atoms with Crippen LogP contribution in [0.25, 0.3) is 21.8 Å². The molecule has 1 aromatic heterocycles. The first-order valence-electron chi connectivity index (χ1n) is 35.0. The summed E-state index contributed by atoms with van der Waals surface area (Å²) in [6.45, 7) is 44.3. The Labute approximate surface area is 621 Å². The van der Waals surface area contributed by atoms with E-state index in [1.807, 2.05) is 23.9 Å². The van der Waals surface area contributed by atoms with Gasteiger partial charge in [-0.3, -0.25) is 0 Å². The van der Waals surface area contributed by atoms with Gasteiger partial charge in [-0.05, 0) is 154 Å². The zero-order chi connectivity index (χ0) is 67.2. The molecule has 0 bridgehead atoms. The molecule has 0 saturated carbocycles. The van der Waals surface area contributed by atoms with Crippen molar-refractivity contribution in [2.45, 2.75) is 259 Å². The molecule has 0 amide bonds. The molecule has 0 atom stereocenters. The molecule has 0 fully saturated rings. The van der Waals surface area contributed by atoms with E-state index in [1.165, 1.54) is 141 Å². The second kappa shape index (κ2) is 48.2. The molecule has 0 spiro atoms. The van der Waals surface area contributed by atoms with Gasteiger partial charge in [0.25, 0.3) is 0 Å². The van der Waals surface area contributed by atoms with Gasteiger partial charge in [-0.25, -0.2) is 0 Å². The van der Waals surface area contributed by atoms with Crippen molar-refractivity contribution >= 4 is 101 Å². The zero-order valence-corrected chi connectivity index (χ0v) is 64.3. The highest BCUT2D eigenvalue weighted by Gasteiger charge is 2.29. The fourth-order valence-electron chi connectivity index (χ4n) is 12.9. The summed E-state index contributed by atoms with van der Waals surface area (Å²) in [5.41, 5.74) is 25.3. The van der Waals surface area contributed by atoms with E-state index in [-0.39, 0.29) is 63.4 Å². The number of aromatic nitrogens is 1. The Morgan fingerprint density at radius 2 is 0.727 bits per heavy atom. The molecule has 0 saturated heterocycles. The maximum Gasteiger partial charge on any atom is 0.151 e. The van der Waals surface area contributed by atoms with E-state index in [0.29, 0.717) is 23.7 Å². The van der Waals surface area contributed by atoms with Gasteiger partial charge in [0, 0.05) is 106 Å². The number of benzene rings is 8. The summed E-state index contributed by atoms with van der Waals surface area (Å²) in [6.07, 6.45) is 10.4. The third-order valence-electron chi connectivity index (χ3n) is 16.6. The smallest absolute Gasteiger partial charge is 0.151 e. The lowest BCUT2D eigenvalue weighted by molar-refractivity contribution is 0.474. The number of hydrogen-bond donors (Lipinski definition) is 0. The number of ether oxygens (including phenoxy) is 1. The van der Waals surface area contributed by atoms with Crippen LogP contribution in [0.4, 0.5) is 34.1 Å². The van der Waals surface area contributed by atoms with Crippen LogP contribution in [-0.2, 0) is 39.2 Å². The summed E-state index contributed by atoms with van der Waals surface area (Å²) >= 11 is 1.90. The monoisotopic (exact) mass is 1350 g/mol. The van der Waals surface area contributed by atoms with Crippen LogP contribution in [0.3, 0.4) is 0 Å². The number of rotatable bonds is 8. The minimum atomic E-state index is 0. The molecule has 9 aromatic rings. The highest BCUT2D eigenvalue weighted by molar-refractivity contribution is 7.99. The highest BCUT2D eigenvalue weighted by atomic mass is 32.2. The Kier molecular flexibility index (Phi) is 48.1. The van der Waals surface area contributed by atoms with Gasteiger partial charge >= 0.3 is 0 Å². The maximum absolute atomic E-state index is 6.10. The van der Waals surface area contributed by atoms with Crippen molar-refractivity contribution in [2.75, 3.05) is 35.8 Å². The summed E-state index contributed by atoms with van der Waals surface area (Å²) in [7, 11) is 8.73. The molecule has 12 radical (unpaired) electrons. The molecule has 0 unspecified atom stereocenters. The third kappa shape index (κ3) is 23.2. The fraction of sp³-hybridized carbons (Fsp3) is 0.461. The predicted molar refractivity (Wildman–Crippen MR) is 458 cm³/mol. The molecule has 534 valence electrons. The van der Waals surface area contributed by atoms with Crippen LogP contribution in [0.15, 0.2) is 155 Å². The van der Waals surface area contributed by atoms with Gasteiger partial charge in [-0.15, -0.1) is 0 Å². The number of anilines is 6. The van der Waals surface area contributed by atoms with Crippen LogP contribution in [0.2, 0.25) is 0 Å². The average molecular weight is 1350 g/mol. The first-order valence-corrected chi connectivity index (χ1v) is 35.8. The summed E-state index contributed by atoms with van der Waals surface area (Å²) in [6, 6.07) is 52.5. The molecule has 0 N–H and O–H groups in total. The van der Waals surface area contributed by atoms with Crippen LogP contribution in [-0.4, -0.2) is 59.4 Å². The van der Waals surface area contributed by atoms with Gasteiger partial charge in [-0.2, -0.15) is 0 Å². The minimum Gasteiger partial charge on any atom is -0.453 e. The van der Waals surface area contributed by atoms with Crippen molar-refractivity contribution in [1.29, 1.82) is 0 Å². The first kappa shape index (κ1) is 98.7. The topological polar surface area (TPSA) is 23.9 Å². The van der Waals surface area contributed by atoms with Crippen LogP contribution in [0.5, 0.6) is 11.5 Å². The van der Waals surface area contributed by atoms with E-state index in [4.69, 9.17) is 4.74 Å². The van der Waals surface area contributed by atoms with Gasteiger partial charge in [0.15, 0.2) is 11.5 Å². The molecule has 0 aliphatic carbocycles. The van der Waals surface area contributed by atoms with E-state index in [0.717, 1.165) is 49.3 Å². The molecule has 10 heteroatoms. The standard InChI is InChI=1S/C19H23N.C18H21NO.C18H21NS.C18H21N.4C3H8.4CH4.4B/c1-5-14-10-11-16-12-15-8-6-7-9-17(15)20(4)19(16)18(14)13(2)3;2*1-5-13-10-11-16-18(17(13)12(2)3)19(4)14-8-6-7-9-15(14)20-16;1-5-13-10-11-15-14-8-6-7-9-16(14)19(4)18(15)17(13)12(2)3;4*1-3-2;;;;;;;;/h6-11,13H,5,12H2,1-4H3;2*6-12H,5H2,1-4H3;6-12H,5H2,1-4H3;4*3H2,1-2H3;4*1H4;;;;. The Morgan fingerprint density at radius 1 is 0.343 bits per heavy atom. The van der Waals surface area contributed by atoms with Crippen molar-refractivity contribution < 1.29 is 4.74 Å². The van der Waals surface area contributed by atoms with Crippen molar-refractivity contribution in [2.24, 2.45) is 7.05 Å². The summed E-state index contributed by atoms with van der Waals surface area (Å²) < 4.78 is 8.46. The average Bonchev–Trinajstić information content (AvgIpc) is 1.67. The number of para-hydroxylation sites is 5. The van der Waals surface area contributed by atoms with Crippen LogP contribution in [0, 0.1) is 0 Å². The van der Waals surface area contributed by atoms with E-state index < -0.39 is 0 Å². The molecule has 99 heavy (non-hydrogen) atoms. The summed E-state index contributed by atoms with van der Waals surface area (Å²) in [5, 5.41) is 2.75. The predicted octanol–water partition coefficient (Wildman–Crippen LogP) is 27.6. The Hall–Kier alpha value is -6.63. The van der Waals surface area contributed by atoms with Crippen LogP contribution < -0.4 is 19.4 Å². The lowest BCUT2D eigenvalue weighted by Crippen LogP contribution is -2.21. The molecule has 3 aliphatic rings. The molecular weight excluding hydrogens is 1220 g/mol. The van der Waals surface area contributed by atoms with Gasteiger partial charge in [-0.1, -0.05) is 303 Å². The Bertz CT molecular complexity index is 3450. The molecule has 4 heterocycles. The number of nitrogens with zero attached hydrogens (tertiary/aromatic N) is 4. The highest BCUT2D eigenvalue weighted by Crippen LogP contribution is 2.52. The van der Waals surface area contributed by atoms with Crippen molar-refractivity contribution in [3.8, 4) is 11.5 Å². The molecule has 5 nitrogen and oxygen atoms in total. The zero-order valence-electron chi connectivity index (χ0n) is 63.4. The third-order valence-corrected chi connectivity index (χ3v) is 17.7. The van der Waals surface area contributed by atoms with Crippen molar-refractivity contribution in [1.82, 2.24) is 4.57 Å². The molecular formula is C89H134B4N4OS. The fourth-order valence-corrected chi connectivity index (χ4v) is 14.1. The van der Waals surface area contributed by atoms with Gasteiger partial charge in [0.1, 0.15) is 0 Å². The maximum atomic E-state index is 6.10. The SMILES string of the molecule is C.C.C.C.CCC.CCC.CCC.CCC.CCc1ccc2c(c1C(C)C)N(C)c1ccccc1C2.CCc1ccc2c(c1C(C)C)N(C)c1ccccc1O2.CCc1ccc2c(c1C(C)C)N(C)c1ccccc1S2.CCc1ccc2c3ccccc3n(C)c2c1C(C)C.[B].[B].[B].[B]. The van der Waals surface area contributed by atoms with Gasteiger partial charge in [0.05, 0.1) is 28.3 Å². The van der Waals surface area contributed by atoms with E-state index >= 15 is 0 Å². The summed E-state index contributed by atoms with van der Waals surface area (Å²) in [4.78, 5) is 9.76. The lowest BCUT2D eigenvalue weighted by Gasteiger charge is -2.34. The van der Waals surface area contributed by atoms with Crippen molar-refractivity contribution in [3.05, 3.63) is 201 Å². The van der Waals surface area contributed by atoms with Gasteiger partial charge < -0.3 is 24.0 Å². The quantitative estimate of drug-likeness (QED) is 0.141. The minimum absolute atomic E-state index is 0. The molecule has 3 aliphatic heterocycles. The van der Waals surface area contributed by atoms with E-state index in [2.05, 4.69) is 319 Å². The van der Waals surface area contributed by atoms with Gasteiger partial charge in [0.2, 0.25) is 0 Å². The molecule has 8 aromatic carbocycles. The Balaban J connectivity index is -0.000000561. The van der Waals surface area contributed by atoms with Crippen LogP contribution >= 0.6 is 11.8 Å². The largest absolute Gasteiger partial charge is 0.453 e. The second-order valence-corrected chi connectivity index (χ2v) is 26.8. The normalized spacial score (nSPS) is 11.0. The lowest BCUT2D eigenvalue weighted by atomic mass is 9.86. The summed E-state index contributed by atoms with van der Waals surface area (Å²) in [5.74, 6) is 4.05.